The lowest BCUT2D eigenvalue weighted by Crippen LogP contribution is -2.23. The fraction of sp³-hybridized carbons (Fsp3) is 0.444. The second-order valence-electron chi connectivity index (χ2n) is 3.32. The highest BCUT2D eigenvalue weighted by Crippen LogP contribution is 2.25. The molecule has 8 heteroatoms. The lowest BCUT2D eigenvalue weighted by atomic mass is 10.3. The number of nitrogens with zero attached hydrogens (tertiary/aromatic N) is 3. The summed E-state index contributed by atoms with van der Waals surface area (Å²) in [5, 5.41) is 12.0. The Bertz CT molecular complexity index is 449. The fourth-order valence-electron chi connectivity index (χ4n) is 1.26. The molecule has 94 valence electrons. The summed E-state index contributed by atoms with van der Waals surface area (Å²) in [7, 11) is 1.88. The van der Waals surface area contributed by atoms with Gasteiger partial charge in [-0.05, 0) is 22.4 Å². The van der Waals surface area contributed by atoms with E-state index in [4.69, 9.17) is 16.9 Å². The molecule has 0 radical (unpaired) electrons. The Morgan fingerprint density at radius 3 is 2.71 bits per heavy atom. The van der Waals surface area contributed by atoms with Crippen molar-refractivity contribution in [2.45, 2.75) is 19.1 Å². The van der Waals surface area contributed by atoms with E-state index in [0.29, 0.717) is 5.75 Å². The maximum Gasteiger partial charge on any atom is 0.193 e. The van der Waals surface area contributed by atoms with Crippen molar-refractivity contribution in [3.05, 3.63) is 15.9 Å². The molecule has 0 fully saturated rings. The minimum absolute atomic E-state index is 0.0937. The molecule has 1 heterocycles. The number of hydrogen-bond donors (Lipinski definition) is 3. The molecular formula is C9H15BrN6S. The zero-order chi connectivity index (χ0) is 13.0. The Hall–Kier alpha value is -1.02. The Morgan fingerprint density at radius 1 is 1.59 bits per heavy atom. The van der Waals surface area contributed by atoms with Crippen molar-refractivity contribution in [1.29, 1.82) is 5.41 Å². The highest BCUT2D eigenvalue weighted by atomic mass is 79.9. The summed E-state index contributed by atoms with van der Waals surface area (Å²) < 4.78 is 2.80. The monoisotopic (exact) mass is 318 g/mol. The molecule has 0 saturated carbocycles. The van der Waals surface area contributed by atoms with Crippen LogP contribution in [-0.2, 0) is 19.2 Å². The highest BCUT2D eigenvalue weighted by molar-refractivity contribution is 9.10. The van der Waals surface area contributed by atoms with Gasteiger partial charge in [0.2, 0.25) is 0 Å². The van der Waals surface area contributed by atoms with Gasteiger partial charge in [-0.3, -0.25) is 10.1 Å². The second-order valence-corrected chi connectivity index (χ2v) is 5.07. The predicted molar refractivity (Wildman–Crippen MR) is 75.1 cm³/mol. The summed E-state index contributed by atoms with van der Waals surface area (Å²) in [4.78, 5) is 3.65. The molecule has 0 aliphatic heterocycles. The first-order chi connectivity index (χ1) is 7.95. The van der Waals surface area contributed by atoms with E-state index in [9.17, 15) is 0 Å². The number of halogens is 1. The van der Waals surface area contributed by atoms with E-state index in [0.717, 1.165) is 22.3 Å². The zero-order valence-corrected chi connectivity index (χ0v) is 12.1. The molecule has 1 aromatic heterocycles. The van der Waals surface area contributed by atoms with Gasteiger partial charge in [0.15, 0.2) is 11.1 Å². The van der Waals surface area contributed by atoms with Gasteiger partial charge in [-0.1, -0.05) is 18.7 Å². The van der Waals surface area contributed by atoms with Gasteiger partial charge in [0.1, 0.15) is 0 Å². The van der Waals surface area contributed by atoms with Gasteiger partial charge in [0, 0.05) is 12.8 Å². The van der Waals surface area contributed by atoms with E-state index in [-0.39, 0.29) is 11.1 Å². The van der Waals surface area contributed by atoms with Crippen molar-refractivity contribution < 1.29 is 0 Å². The van der Waals surface area contributed by atoms with E-state index in [2.05, 4.69) is 26.0 Å². The van der Waals surface area contributed by atoms with Crippen LogP contribution < -0.4 is 11.5 Å². The van der Waals surface area contributed by atoms with Crippen molar-refractivity contribution in [3.63, 3.8) is 0 Å². The van der Waals surface area contributed by atoms with Crippen LogP contribution in [-0.4, -0.2) is 20.9 Å². The Morgan fingerprint density at radius 2 is 2.24 bits per heavy atom. The number of nitrogens with one attached hydrogen (secondary N) is 1. The number of amidine groups is 1. The molecule has 0 bridgehead atoms. The quantitative estimate of drug-likeness (QED) is 0.574. The maximum absolute atomic E-state index is 7.53. The van der Waals surface area contributed by atoms with Crippen LogP contribution in [0.5, 0.6) is 0 Å². The Balaban J connectivity index is 2.73. The lowest BCUT2D eigenvalue weighted by molar-refractivity contribution is 0.720. The second kappa shape index (κ2) is 6.06. The molecule has 1 rings (SSSR count). The van der Waals surface area contributed by atoms with Crippen LogP contribution in [0.2, 0.25) is 0 Å². The van der Waals surface area contributed by atoms with Gasteiger partial charge in [-0.2, -0.15) is 10.1 Å². The molecule has 0 amide bonds. The third kappa shape index (κ3) is 3.74. The van der Waals surface area contributed by atoms with Crippen molar-refractivity contribution >= 4 is 38.8 Å². The fourth-order valence-corrected chi connectivity index (χ4v) is 2.98. The predicted octanol–water partition coefficient (Wildman–Crippen LogP) is 1.19. The summed E-state index contributed by atoms with van der Waals surface area (Å²) >= 11 is 4.77. The molecule has 0 aromatic carbocycles. The molecule has 0 saturated heterocycles. The summed E-state index contributed by atoms with van der Waals surface area (Å²) in [6.45, 7) is 2.05. The average Bonchev–Trinajstić information content (AvgIpc) is 2.50. The Kier molecular flexibility index (Phi) is 5.01. The van der Waals surface area contributed by atoms with Crippen molar-refractivity contribution in [3.8, 4) is 0 Å². The van der Waals surface area contributed by atoms with Crippen molar-refractivity contribution in [1.82, 2.24) is 9.78 Å². The summed E-state index contributed by atoms with van der Waals surface area (Å²) in [5.41, 5.74) is 12.4. The van der Waals surface area contributed by atoms with E-state index >= 15 is 0 Å². The van der Waals surface area contributed by atoms with Crippen LogP contribution in [0, 0.1) is 5.41 Å². The third-order valence-electron chi connectivity index (χ3n) is 2.08. The number of rotatable bonds is 3. The van der Waals surface area contributed by atoms with E-state index in [1.54, 1.807) is 4.68 Å². The summed E-state index contributed by atoms with van der Waals surface area (Å²) in [5.74, 6) is 0.500. The SMILES string of the molecule is CCc1nn(C)c(CSC(=N)N=C(N)N)c1Br. The van der Waals surface area contributed by atoms with Crippen molar-refractivity contribution in [2.24, 2.45) is 23.5 Å². The molecular weight excluding hydrogens is 304 g/mol. The minimum Gasteiger partial charge on any atom is -0.370 e. The van der Waals surface area contributed by atoms with Gasteiger partial charge in [-0.15, -0.1) is 0 Å². The maximum atomic E-state index is 7.53. The third-order valence-corrected chi connectivity index (χ3v) is 3.78. The molecule has 0 spiro atoms. The zero-order valence-electron chi connectivity index (χ0n) is 9.70. The largest absolute Gasteiger partial charge is 0.370 e. The normalized spacial score (nSPS) is 10.3. The highest BCUT2D eigenvalue weighted by Gasteiger charge is 2.13. The molecule has 1 aromatic rings. The van der Waals surface area contributed by atoms with Crippen LogP contribution in [0.3, 0.4) is 0 Å². The number of hydrogen-bond acceptors (Lipinski definition) is 3. The standard InChI is InChI=1S/C9H15BrN6S/c1-3-5-7(10)6(16(2)15-5)4-17-9(13)14-8(11)12/h3-4H2,1-2H3,(H5,11,12,13,14). The smallest absolute Gasteiger partial charge is 0.193 e. The number of aryl methyl sites for hydroxylation is 2. The number of aliphatic imine (C=N–C) groups is 1. The van der Waals surface area contributed by atoms with Crippen LogP contribution in [0.15, 0.2) is 9.47 Å². The molecule has 0 unspecified atom stereocenters. The molecule has 17 heavy (non-hydrogen) atoms. The van der Waals surface area contributed by atoms with Gasteiger partial charge < -0.3 is 11.5 Å². The van der Waals surface area contributed by atoms with Gasteiger partial charge in [0.05, 0.1) is 15.9 Å². The summed E-state index contributed by atoms with van der Waals surface area (Å²) in [6, 6.07) is 0. The molecule has 6 nitrogen and oxygen atoms in total. The number of guanidine groups is 1. The Labute approximate surface area is 112 Å². The number of nitrogens with two attached hydrogens (primary N) is 2. The average molecular weight is 319 g/mol. The van der Waals surface area contributed by atoms with Crippen LogP contribution in [0.1, 0.15) is 18.3 Å². The topological polar surface area (TPSA) is 106 Å². The van der Waals surface area contributed by atoms with Crippen LogP contribution in [0.4, 0.5) is 0 Å². The van der Waals surface area contributed by atoms with E-state index < -0.39 is 0 Å². The molecule has 5 N–H and O–H groups in total. The van der Waals surface area contributed by atoms with Crippen LogP contribution >= 0.6 is 27.7 Å². The number of aromatic nitrogens is 2. The molecule has 0 aliphatic carbocycles. The van der Waals surface area contributed by atoms with Crippen LogP contribution in [0.25, 0.3) is 0 Å². The lowest BCUT2D eigenvalue weighted by Gasteiger charge is -2.01. The first kappa shape index (κ1) is 14.0. The van der Waals surface area contributed by atoms with Gasteiger partial charge in [0.25, 0.3) is 0 Å². The van der Waals surface area contributed by atoms with E-state index in [1.807, 2.05) is 14.0 Å². The summed E-state index contributed by atoms with van der Waals surface area (Å²) in [6.07, 6.45) is 0.866. The molecule has 0 aliphatic rings. The molecule has 0 atom stereocenters. The first-order valence-electron chi connectivity index (χ1n) is 4.96. The van der Waals surface area contributed by atoms with Gasteiger partial charge in [-0.25, -0.2) is 0 Å². The van der Waals surface area contributed by atoms with Gasteiger partial charge >= 0.3 is 0 Å². The number of thioether (sulfide) groups is 1. The minimum atomic E-state index is -0.0965. The first-order valence-corrected chi connectivity index (χ1v) is 6.74. The van der Waals surface area contributed by atoms with E-state index in [1.165, 1.54) is 11.8 Å². The van der Waals surface area contributed by atoms with Crippen molar-refractivity contribution in [2.75, 3.05) is 0 Å².